The van der Waals surface area contributed by atoms with Crippen LogP contribution < -0.4 is 10.1 Å². The molecule has 3 aromatic rings. The number of benzene rings is 2. The van der Waals surface area contributed by atoms with Gasteiger partial charge in [0.25, 0.3) is 0 Å². The third kappa shape index (κ3) is 3.53. The molecular formula is C21H26Cl2N2O. The van der Waals surface area contributed by atoms with Crippen LogP contribution in [-0.4, -0.2) is 24.8 Å². The molecule has 0 spiro atoms. The van der Waals surface area contributed by atoms with Crippen molar-refractivity contribution in [2.45, 2.75) is 39.2 Å². The SMILES string of the molecule is CC.COc1cc2c(cc1Cl)c1cc(Cl)ccc1n2C1CCCNCC1. The molecule has 1 fully saturated rings. The first-order valence-electron chi connectivity index (χ1n) is 9.36. The summed E-state index contributed by atoms with van der Waals surface area (Å²) in [6, 6.07) is 10.6. The number of nitrogens with one attached hydrogen (secondary N) is 1. The number of methoxy groups -OCH3 is 1. The molecular weight excluding hydrogens is 367 g/mol. The van der Waals surface area contributed by atoms with Crippen LogP contribution in [0.3, 0.4) is 0 Å². The fourth-order valence-electron chi connectivity index (χ4n) is 3.83. The Hall–Kier alpha value is -1.42. The molecule has 1 aromatic heterocycles. The van der Waals surface area contributed by atoms with E-state index in [1.165, 1.54) is 23.9 Å². The largest absolute Gasteiger partial charge is 0.495 e. The first-order chi connectivity index (χ1) is 12.7. The number of hydrogen-bond donors (Lipinski definition) is 1. The van der Waals surface area contributed by atoms with Gasteiger partial charge >= 0.3 is 0 Å². The van der Waals surface area contributed by atoms with Crippen molar-refractivity contribution in [3.05, 3.63) is 40.4 Å². The molecule has 5 heteroatoms. The van der Waals surface area contributed by atoms with E-state index in [0.29, 0.717) is 16.8 Å². The topological polar surface area (TPSA) is 26.2 Å². The van der Waals surface area contributed by atoms with Crippen molar-refractivity contribution < 1.29 is 4.74 Å². The minimum atomic E-state index is 0.465. The third-order valence-electron chi connectivity index (χ3n) is 4.95. The standard InChI is InChI=1S/C19H20Cl2N2O.C2H6/c1-24-19-11-18-15(10-16(19)21)14-9-12(20)4-5-17(14)23(18)13-3-2-7-22-8-6-13;1-2/h4-5,9-11,13,22H,2-3,6-8H2,1H3;1-2H3. The zero-order valence-corrected chi connectivity index (χ0v) is 17.1. The predicted molar refractivity (Wildman–Crippen MR) is 113 cm³/mol. The molecule has 1 unspecified atom stereocenters. The highest BCUT2D eigenvalue weighted by Crippen LogP contribution is 2.40. The van der Waals surface area contributed by atoms with E-state index in [4.69, 9.17) is 27.9 Å². The molecule has 1 aliphatic heterocycles. The van der Waals surface area contributed by atoms with Crippen LogP contribution in [0.4, 0.5) is 0 Å². The van der Waals surface area contributed by atoms with Crippen LogP contribution in [0, 0.1) is 0 Å². The number of halogens is 2. The Kier molecular flexibility index (Phi) is 6.33. The van der Waals surface area contributed by atoms with Crippen molar-refractivity contribution in [1.82, 2.24) is 9.88 Å². The van der Waals surface area contributed by atoms with Gasteiger partial charge in [0.05, 0.1) is 17.6 Å². The lowest BCUT2D eigenvalue weighted by molar-refractivity contribution is 0.415. The van der Waals surface area contributed by atoms with E-state index in [1.807, 2.05) is 32.0 Å². The van der Waals surface area contributed by atoms with Gasteiger partial charge in [-0.15, -0.1) is 0 Å². The Labute approximate surface area is 165 Å². The Balaban J connectivity index is 0.000000948. The average molecular weight is 393 g/mol. The Morgan fingerprint density at radius 2 is 1.77 bits per heavy atom. The van der Waals surface area contributed by atoms with E-state index >= 15 is 0 Å². The fourth-order valence-corrected chi connectivity index (χ4v) is 4.24. The Morgan fingerprint density at radius 3 is 2.54 bits per heavy atom. The van der Waals surface area contributed by atoms with Gasteiger partial charge in [-0.1, -0.05) is 37.0 Å². The number of hydrogen-bond acceptors (Lipinski definition) is 2. The van der Waals surface area contributed by atoms with E-state index in [1.54, 1.807) is 7.11 Å². The molecule has 0 amide bonds. The second-order valence-electron chi connectivity index (χ2n) is 6.37. The molecule has 0 saturated carbocycles. The van der Waals surface area contributed by atoms with Crippen molar-refractivity contribution in [1.29, 1.82) is 0 Å². The molecule has 140 valence electrons. The highest BCUT2D eigenvalue weighted by atomic mass is 35.5. The first-order valence-corrected chi connectivity index (χ1v) is 10.1. The summed E-state index contributed by atoms with van der Waals surface area (Å²) in [7, 11) is 1.66. The molecule has 0 radical (unpaired) electrons. The fraction of sp³-hybridized carbons (Fsp3) is 0.429. The highest BCUT2D eigenvalue weighted by Gasteiger charge is 2.21. The lowest BCUT2D eigenvalue weighted by Gasteiger charge is -2.19. The van der Waals surface area contributed by atoms with Gasteiger partial charge in [0.1, 0.15) is 5.75 Å². The molecule has 2 heterocycles. The van der Waals surface area contributed by atoms with Crippen LogP contribution in [-0.2, 0) is 0 Å². The van der Waals surface area contributed by atoms with Gasteiger partial charge < -0.3 is 14.6 Å². The van der Waals surface area contributed by atoms with Crippen LogP contribution in [0.15, 0.2) is 30.3 Å². The summed E-state index contributed by atoms with van der Waals surface area (Å²) in [5.41, 5.74) is 2.38. The van der Waals surface area contributed by atoms with Crippen LogP contribution in [0.2, 0.25) is 10.0 Å². The summed E-state index contributed by atoms with van der Waals surface area (Å²) in [4.78, 5) is 0. The second-order valence-corrected chi connectivity index (χ2v) is 7.21. The van der Waals surface area contributed by atoms with Crippen LogP contribution in [0.1, 0.15) is 39.2 Å². The second kappa shape index (κ2) is 8.51. The minimum absolute atomic E-state index is 0.465. The zero-order valence-electron chi connectivity index (χ0n) is 15.6. The summed E-state index contributed by atoms with van der Waals surface area (Å²) in [6.45, 7) is 6.14. The number of rotatable bonds is 2. The molecule has 3 nitrogen and oxygen atoms in total. The molecule has 0 aliphatic carbocycles. The van der Waals surface area contributed by atoms with Gasteiger partial charge in [0.15, 0.2) is 0 Å². The number of fused-ring (bicyclic) bond motifs is 3. The van der Waals surface area contributed by atoms with E-state index < -0.39 is 0 Å². The van der Waals surface area contributed by atoms with Gasteiger partial charge in [-0.25, -0.2) is 0 Å². The van der Waals surface area contributed by atoms with Gasteiger partial charge in [-0.2, -0.15) is 0 Å². The number of nitrogens with zero attached hydrogens (tertiary/aromatic N) is 1. The lowest BCUT2D eigenvalue weighted by Crippen LogP contribution is -2.15. The number of aromatic nitrogens is 1. The summed E-state index contributed by atoms with van der Waals surface area (Å²) in [5.74, 6) is 0.714. The van der Waals surface area contributed by atoms with E-state index in [9.17, 15) is 0 Å². The van der Waals surface area contributed by atoms with Crippen molar-refractivity contribution >= 4 is 45.0 Å². The van der Waals surface area contributed by atoms with Crippen LogP contribution >= 0.6 is 23.2 Å². The monoisotopic (exact) mass is 392 g/mol. The normalized spacial score (nSPS) is 17.7. The molecule has 26 heavy (non-hydrogen) atoms. The lowest BCUT2D eigenvalue weighted by atomic mass is 10.1. The van der Waals surface area contributed by atoms with E-state index in [2.05, 4.69) is 22.0 Å². The molecule has 2 aromatic carbocycles. The van der Waals surface area contributed by atoms with Crippen molar-refractivity contribution in [2.75, 3.05) is 20.2 Å². The van der Waals surface area contributed by atoms with Crippen molar-refractivity contribution in [3.63, 3.8) is 0 Å². The van der Waals surface area contributed by atoms with Gasteiger partial charge in [-0.05, 0) is 56.6 Å². The quantitative estimate of drug-likeness (QED) is 0.541. The first kappa shape index (κ1) is 19.3. The van der Waals surface area contributed by atoms with E-state index in [0.717, 1.165) is 35.3 Å². The summed E-state index contributed by atoms with van der Waals surface area (Å²) in [6.07, 6.45) is 3.47. The highest BCUT2D eigenvalue weighted by molar-refractivity contribution is 6.34. The summed E-state index contributed by atoms with van der Waals surface area (Å²) in [5, 5.41) is 7.16. The minimum Gasteiger partial charge on any atom is -0.495 e. The maximum Gasteiger partial charge on any atom is 0.139 e. The molecule has 4 rings (SSSR count). The van der Waals surface area contributed by atoms with Gasteiger partial charge in [-0.3, -0.25) is 0 Å². The van der Waals surface area contributed by atoms with E-state index in [-0.39, 0.29) is 0 Å². The number of ether oxygens (including phenoxy) is 1. The maximum atomic E-state index is 6.39. The molecule has 1 N–H and O–H groups in total. The Bertz CT molecular complexity index is 896. The predicted octanol–water partition coefficient (Wildman–Crippen LogP) is 6.45. The van der Waals surface area contributed by atoms with Crippen molar-refractivity contribution in [2.24, 2.45) is 0 Å². The molecule has 1 saturated heterocycles. The molecule has 0 bridgehead atoms. The average Bonchev–Trinajstić information content (AvgIpc) is 2.82. The smallest absolute Gasteiger partial charge is 0.139 e. The molecule has 1 aliphatic rings. The summed E-state index contributed by atoms with van der Waals surface area (Å²) >= 11 is 12.6. The van der Waals surface area contributed by atoms with Gasteiger partial charge in [0, 0.05) is 33.4 Å². The maximum absolute atomic E-state index is 6.39. The Morgan fingerprint density at radius 1 is 1.00 bits per heavy atom. The van der Waals surface area contributed by atoms with Crippen LogP contribution in [0.5, 0.6) is 5.75 Å². The third-order valence-corrected chi connectivity index (χ3v) is 5.48. The van der Waals surface area contributed by atoms with Crippen molar-refractivity contribution in [3.8, 4) is 5.75 Å². The van der Waals surface area contributed by atoms with Gasteiger partial charge in [0.2, 0.25) is 0 Å². The van der Waals surface area contributed by atoms with Crippen LogP contribution in [0.25, 0.3) is 21.8 Å². The molecule has 1 atom stereocenters. The zero-order chi connectivity index (χ0) is 18.7. The summed E-state index contributed by atoms with van der Waals surface area (Å²) < 4.78 is 7.91.